The van der Waals surface area contributed by atoms with E-state index < -0.39 is 9.84 Å². The molecule has 0 saturated heterocycles. The molecule has 0 bridgehead atoms. The molecular formula is C9H10ClN3O2S2. The molecule has 0 spiro atoms. The lowest BCUT2D eigenvalue weighted by Crippen LogP contribution is -2.15. The van der Waals surface area contributed by atoms with E-state index in [9.17, 15) is 8.42 Å². The van der Waals surface area contributed by atoms with E-state index in [4.69, 9.17) is 11.6 Å². The second-order valence-corrected chi connectivity index (χ2v) is 7.03. The van der Waals surface area contributed by atoms with E-state index in [1.807, 2.05) is 11.4 Å². The molecule has 0 aromatic carbocycles. The van der Waals surface area contributed by atoms with Crippen molar-refractivity contribution in [2.75, 3.05) is 23.9 Å². The van der Waals surface area contributed by atoms with Crippen molar-refractivity contribution in [3.63, 3.8) is 0 Å². The van der Waals surface area contributed by atoms with Crippen LogP contribution in [0.15, 0.2) is 11.4 Å². The minimum absolute atomic E-state index is 0.0558. The van der Waals surface area contributed by atoms with Gasteiger partial charge in [0.1, 0.15) is 20.5 Å². The summed E-state index contributed by atoms with van der Waals surface area (Å²) >= 11 is 7.24. The average Bonchev–Trinajstić information content (AvgIpc) is 2.63. The minimum Gasteiger partial charge on any atom is -0.368 e. The number of nitrogens with zero attached hydrogens (tertiary/aromatic N) is 2. The lowest BCUT2D eigenvalue weighted by Gasteiger charge is -2.05. The van der Waals surface area contributed by atoms with Gasteiger partial charge in [-0.3, -0.25) is 0 Å². The van der Waals surface area contributed by atoms with Crippen molar-refractivity contribution in [3.8, 4) is 0 Å². The van der Waals surface area contributed by atoms with Crippen LogP contribution in [0.25, 0.3) is 10.2 Å². The first-order valence-corrected chi connectivity index (χ1v) is 8.10. The molecule has 2 rings (SSSR count). The van der Waals surface area contributed by atoms with Crippen molar-refractivity contribution in [1.29, 1.82) is 0 Å². The van der Waals surface area contributed by atoms with Crippen LogP contribution < -0.4 is 5.32 Å². The predicted octanol–water partition coefficient (Wildman–Crippen LogP) is 1.80. The van der Waals surface area contributed by atoms with E-state index in [2.05, 4.69) is 15.3 Å². The van der Waals surface area contributed by atoms with Crippen molar-refractivity contribution in [1.82, 2.24) is 9.97 Å². The normalized spacial score (nSPS) is 11.9. The first-order valence-electron chi connectivity index (χ1n) is 4.78. The Morgan fingerprint density at radius 3 is 2.94 bits per heavy atom. The van der Waals surface area contributed by atoms with Gasteiger partial charge in [-0.05, 0) is 23.0 Å². The number of hydrogen-bond acceptors (Lipinski definition) is 6. The maximum atomic E-state index is 11.0. The molecule has 0 atom stereocenters. The number of thiophene rings is 1. The second-order valence-electron chi connectivity index (χ2n) is 3.54. The van der Waals surface area contributed by atoms with Gasteiger partial charge in [-0.2, -0.15) is 0 Å². The zero-order valence-electron chi connectivity index (χ0n) is 8.97. The molecule has 92 valence electrons. The molecule has 0 aliphatic rings. The van der Waals surface area contributed by atoms with Crippen molar-refractivity contribution in [2.45, 2.75) is 0 Å². The Hall–Kier alpha value is -0.920. The van der Waals surface area contributed by atoms with Crippen molar-refractivity contribution in [3.05, 3.63) is 16.7 Å². The summed E-state index contributed by atoms with van der Waals surface area (Å²) in [4.78, 5) is 8.90. The quantitative estimate of drug-likeness (QED) is 0.870. The highest BCUT2D eigenvalue weighted by atomic mass is 35.5. The SMILES string of the molecule is CS(=O)(=O)CCNc1nc(Cl)nc2sccc12. The van der Waals surface area contributed by atoms with Gasteiger partial charge >= 0.3 is 0 Å². The summed E-state index contributed by atoms with van der Waals surface area (Å²) < 4.78 is 22.0. The fourth-order valence-electron chi connectivity index (χ4n) is 1.32. The van der Waals surface area contributed by atoms with Gasteiger partial charge in [-0.15, -0.1) is 11.3 Å². The second kappa shape index (κ2) is 4.75. The number of halogens is 1. The van der Waals surface area contributed by atoms with Crippen LogP contribution in [0.4, 0.5) is 5.82 Å². The van der Waals surface area contributed by atoms with Gasteiger partial charge in [0.05, 0.1) is 11.1 Å². The van der Waals surface area contributed by atoms with Crippen LogP contribution in [-0.4, -0.2) is 36.9 Å². The highest BCUT2D eigenvalue weighted by molar-refractivity contribution is 7.90. The molecule has 0 unspecified atom stereocenters. The Morgan fingerprint density at radius 2 is 2.24 bits per heavy atom. The highest BCUT2D eigenvalue weighted by Crippen LogP contribution is 2.26. The molecule has 2 aromatic rings. The average molecular weight is 292 g/mol. The Kier molecular flexibility index (Phi) is 3.50. The number of nitrogens with one attached hydrogen (secondary N) is 1. The molecule has 17 heavy (non-hydrogen) atoms. The highest BCUT2D eigenvalue weighted by Gasteiger charge is 2.08. The minimum atomic E-state index is -2.98. The molecule has 5 nitrogen and oxygen atoms in total. The Labute approximate surface area is 108 Å². The molecule has 2 heterocycles. The lowest BCUT2D eigenvalue weighted by atomic mass is 10.4. The zero-order chi connectivity index (χ0) is 12.5. The summed E-state index contributed by atoms with van der Waals surface area (Å²) in [5.74, 6) is 0.630. The van der Waals surface area contributed by atoms with Crippen molar-refractivity contribution in [2.24, 2.45) is 0 Å². The van der Waals surface area contributed by atoms with Crippen LogP contribution in [0.1, 0.15) is 0 Å². The van der Waals surface area contributed by atoms with Gasteiger partial charge in [0.25, 0.3) is 0 Å². The van der Waals surface area contributed by atoms with Gasteiger partial charge in [-0.1, -0.05) is 0 Å². The summed E-state index contributed by atoms with van der Waals surface area (Å²) in [5, 5.41) is 5.86. The predicted molar refractivity (Wildman–Crippen MR) is 70.6 cm³/mol. The molecule has 8 heteroatoms. The Morgan fingerprint density at radius 1 is 1.47 bits per heavy atom. The van der Waals surface area contributed by atoms with E-state index >= 15 is 0 Å². The third-order valence-electron chi connectivity index (χ3n) is 2.06. The first kappa shape index (κ1) is 12.5. The monoisotopic (exact) mass is 291 g/mol. The van der Waals surface area contributed by atoms with E-state index in [0.29, 0.717) is 12.4 Å². The van der Waals surface area contributed by atoms with E-state index in [1.54, 1.807) is 0 Å². The van der Waals surface area contributed by atoms with Gasteiger partial charge in [0.2, 0.25) is 5.28 Å². The summed E-state index contributed by atoms with van der Waals surface area (Å²) in [7, 11) is -2.98. The summed E-state index contributed by atoms with van der Waals surface area (Å²) in [6.07, 6.45) is 1.20. The molecule has 1 N–H and O–H groups in total. The Bertz CT molecular complexity index is 639. The number of rotatable bonds is 4. The van der Waals surface area contributed by atoms with Crippen LogP contribution in [0, 0.1) is 0 Å². The van der Waals surface area contributed by atoms with Gasteiger partial charge in [0.15, 0.2) is 0 Å². The number of sulfone groups is 1. The summed E-state index contributed by atoms with van der Waals surface area (Å²) in [6.45, 7) is 0.303. The third-order valence-corrected chi connectivity index (χ3v) is 3.98. The molecular weight excluding hydrogens is 282 g/mol. The van der Waals surface area contributed by atoms with Crippen molar-refractivity contribution < 1.29 is 8.42 Å². The number of aromatic nitrogens is 2. The smallest absolute Gasteiger partial charge is 0.225 e. The van der Waals surface area contributed by atoms with Crippen LogP contribution in [0.2, 0.25) is 5.28 Å². The molecule has 0 aliphatic carbocycles. The van der Waals surface area contributed by atoms with E-state index in [0.717, 1.165) is 10.2 Å². The van der Waals surface area contributed by atoms with Gasteiger partial charge in [0, 0.05) is 12.8 Å². The van der Waals surface area contributed by atoms with Gasteiger partial charge < -0.3 is 5.32 Å². The fourth-order valence-corrected chi connectivity index (χ4v) is 2.77. The molecule has 0 radical (unpaired) electrons. The number of fused-ring (bicyclic) bond motifs is 1. The van der Waals surface area contributed by atoms with Crippen LogP contribution >= 0.6 is 22.9 Å². The van der Waals surface area contributed by atoms with Crippen LogP contribution in [0.5, 0.6) is 0 Å². The zero-order valence-corrected chi connectivity index (χ0v) is 11.4. The summed E-state index contributed by atoms with van der Waals surface area (Å²) in [5.41, 5.74) is 0. The largest absolute Gasteiger partial charge is 0.368 e. The molecule has 0 saturated carbocycles. The molecule has 0 fully saturated rings. The maximum absolute atomic E-state index is 11.0. The topological polar surface area (TPSA) is 72.0 Å². The maximum Gasteiger partial charge on any atom is 0.225 e. The number of hydrogen-bond donors (Lipinski definition) is 1. The van der Waals surface area contributed by atoms with E-state index in [1.165, 1.54) is 17.6 Å². The third kappa shape index (κ3) is 3.27. The van der Waals surface area contributed by atoms with Gasteiger partial charge in [-0.25, -0.2) is 18.4 Å². The lowest BCUT2D eigenvalue weighted by molar-refractivity contribution is 0.602. The van der Waals surface area contributed by atoms with Crippen molar-refractivity contribution >= 4 is 48.8 Å². The summed E-state index contributed by atoms with van der Waals surface area (Å²) in [6, 6.07) is 1.87. The van der Waals surface area contributed by atoms with Crippen LogP contribution in [0.3, 0.4) is 0 Å². The molecule has 2 aromatic heterocycles. The molecule has 0 amide bonds. The molecule has 0 aliphatic heterocycles. The van der Waals surface area contributed by atoms with E-state index in [-0.39, 0.29) is 11.0 Å². The Balaban J connectivity index is 2.20. The number of anilines is 1. The fraction of sp³-hybridized carbons (Fsp3) is 0.333. The first-order chi connectivity index (χ1) is 7.96. The van der Waals surface area contributed by atoms with Crippen LogP contribution in [-0.2, 0) is 9.84 Å². The standard InChI is InChI=1S/C9H10ClN3O2S2/c1-17(14,15)5-3-11-7-6-2-4-16-8(6)13-9(10)12-7/h2,4H,3,5H2,1H3,(H,11,12,13).